The third-order valence-corrected chi connectivity index (χ3v) is 5.44. The van der Waals surface area contributed by atoms with E-state index < -0.39 is 0 Å². The Hall–Kier alpha value is -2.37. The SMILES string of the molecule is CCCOc1ccccc1C(C(=N)N(N)C(C)(C)C)N1CCc2ccccc2C1. The maximum absolute atomic E-state index is 9.04. The fourth-order valence-electron chi connectivity index (χ4n) is 3.80. The molecule has 0 fully saturated rings. The van der Waals surface area contributed by atoms with Gasteiger partial charge in [0.1, 0.15) is 11.6 Å². The van der Waals surface area contributed by atoms with E-state index in [1.54, 1.807) is 5.01 Å². The Morgan fingerprint density at radius 3 is 2.48 bits per heavy atom. The van der Waals surface area contributed by atoms with Gasteiger partial charge >= 0.3 is 0 Å². The van der Waals surface area contributed by atoms with E-state index in [2.05, 4.69) is 42.2 Å². The summed E-state index contributed by atoms with van der Waals surface area (Å²) in [4.78, 5) is 2.35. The van der Waals surface area contributed by atoms with Gasteiger partial charge in [-0.05, 0) is 50.8 Å². The number of ether oxygens (including phenoxy) is 1. The molecule has 5 nitrogen and oxygen atoms in total. The molecule has 29 heavy (non-hydrogen) atoms. The van der Waals surface area contributed by atoms with E-state index in [0.29, 0.717) is 12.4 Å². The zero-order valence-corrected chi connectivity index (χ0v) is 18.1. The van der Waals surface area contributed by atoms with Crippen LogP contribution >= 0.6 is 0 Å². The molecule has 1 aliphatic heterocycles. The molecule has 0 saturated heterocycles. The second kappa shape index (κ2) is 8.97. The van der Waals surface area contributed by atoms with Gasteiger partial charge in [0.05, 0.1) is 12.6 Å². The number of rotatable bonds is 6. The van der Waals surface area contributed by atoms with Gasteiger partial charge in [-0.2, -0.15) is 0 Å². The third kappa shape index (κ3) is 4.80. The second-order valence-electron chi connectivity index (χ2n) is 8.70. The van der Waals surface area contributed by atoms with E-state index in [1.165, 1.54) is 11.1 Å². The summed E-state index contributed by atoms with van der Waals surface area (Å²) >= 11 is 0. The number of nitrogens with one attached hydrogen (secondary N) is 1. The molecule has 2 aromatic rings. The lowest BCUT2D eigenvalue weighted by atomic mass is 9.94. The monoisotopic (exact) mass is 394 g/mol. The van der Waals surface area contributed by atoms with Crippen LogP contribution in [-0.2, 0) is 13.0 Å². The van der Waals surface area contributed by atoms with Crippen LogP contribution in [0.4, 0.5) is 0 Å². The molecule has 3 rings (SSSR count). The first-order chi connectivity index (χ1) is 13.8. The summed E-state index contributed by atoms with van der Waals surface area (Å²) in [6.07, 6.45) is 1.91. The first kappa shape index (κ1) is 21.3. The van der Waals surface area contributed by atoms with Crippen molar-refractivity contribution in [2.45, 2.75) is 58.7 Å². The Labute approximate surface area is 174 Å². The molecular weight excluding hydrogens is 360 g/mol. The fourth-order valence-corrected chi connectivity index (χ4v) is 3.80. The molecule has 0 aliphatic carbocycles. The van der Waals surface area contributed by atoms with Gasteiger partial charge in [0.25, 0.3) is 0 Å². The van der Waals surface area contributed by atoms with Crippen LogP contribution in [0.5, 0.6) is 5.75 Å². The predicted molar refractivity (Wildman–Crippen MR) is 119 cm³/mol. The van der Waals surface area contributed by atoms with Crippen LogP contribution in [-0.4, -0.2) is 34.4 Å². The average molecular weight is 395 g/mol. The maximum Gasteiger partial charge on any atom is 0.133 e. The van der Waals surface area contributed by atoms with Gasteiger partial charge in [0.15, 0.2) is 0 Å². The van der Waals surface area contributed by atoms with Gasteiger partial charge in [0.2, 0.25) is 0 Å². The predicted octanol–water partition coefficient (Wildman–Crippen LogP) is 4.53. The smallest absolute Gasteiger partial charge is 0.133 e. The minimum absolute atomic E-state index is 0.263. The molecule has 1 atom stereocenters. The summed E-state index contributed by atoms with van der Waals surface area (Å²) in [7, 11) is 0. The zero-order valence-electron chi connectivity index (χ0n) is 18.1. The number of para-hydroxylation sites is 1. The van der Waals surface area contributed by atoms with Gasteiger partial charge in [-0.1, -0.05) is 49.4 Å². The van der Waals surface area contributed by atoms with E-state index in [1.807, 2.05) is 39.0 Å². The summed E-state index contributed by atoms with van der Waals surface area (Å²) in [6, 6.07) is 16.4. The van der Waals surface area contributed by atoms with Crippen LogP contribution in [0.2, 0.25) is 0 Å². The average Bonchev–Trinajstić information content (AvgIpc) is 2.71. The van der Waals surface area contributed by atoms with Crippen LogP contribution in [0, 0.1) is 5.41 Å². The molecule has 0 saturated carbocycles. The number of benzene rings is 2. The molecule has 2 aromatic carbocycles. The van der Waals surface area contributed by atoms with Crippen molar-refractivity contribution < 1.29 is 4.74 Å². The Morgan fingerprint density at radius 1 is 1.14 bits per heavy atom. The molecular formula is C24H34N4O. The Balaban J connectivity index is 2.01. The minimum Gasteiger partial charge on any atom is -0.493 e. The molecule has 0 aromatic heterocycles. The van der Waals surface area contributed by atoms with Crippen LogP contribution in [0.3, 0.4) is 0 Å². The van der Waals surface area contributed by atoms with E-state index >= 15 is 0 Å². The molecule has 1 aliphatic rings. The maximum atomic E-state index is 9.04. The van der Waals surface area contributed by atoms with E-state index in [9.17, 15) is 0 Å². The number of nitrogens with two attached hydrogens (primary N) is 1. The lowest BCUT2D eigenvalue weighted by molar-refractivity contribution is 0.175. The zero-order chi connectivity index (χ0) is 21.0. The van der Waals surface area contributed by atoms with Gasteiger partial charge in [0, 0.05) is 24.2 Å². The van der Waals surface area contributed by atoms with Gasteiger partial charge in [-0.15, -0.1) is 0 Å². The molecule has 1 unspecified atom stereocenters. The largest absolute Gasteiger partial charge is 0.493 e. The highest BCUT2D eigenvalue weighted by molar-refractivity contribution is 5.86. The summed E-state index contributed by atoms with van der Waals surface area (Å²) in [5.41, 5.74) is 3.38. The van der Waals surface area contributed by atoms with Crippen molar-refractivity contribution in [1.29, 1.82) is 5.41 Å². The molecule has 0 amide bonds. The number of hydrogen-bond acceptors (Lipinski definition) is 4. The highest BCUT2D eigenvalue weighted by Gasteiger charge is 2.35. The lowest BCUT2D eigenvalue weighted by Gasteiger charge is -2.42. The van der Waals surface area contributed by atoms with Crippen molar-refractivity contribution in [3.8, 4) is 5.75 Å². The first-order valence-electron chi connectivity index (χ1n) is 10.5. The van der Waals surface area contributed by atoms with E-state index in [4.69, 9.17) is 16.0 Å². The van der Waals surface area contributed by atoms with Crippen LogP contribution in [0.1, 0.15) is 56.8 Å². The van der Waals surface area contributed by atoms with Crippen molar-refractivity contribution in [2.24, 2.45) is 5.84 Å². The van der Waals surface area contributed by atoms with Gasteiger partial charge in [-0.25, -0.2) is 5.84 Å². The highest BCUT2D eigenvalue weighted by atomic mass is 16.5. The van der Waals surface area contributed by atoms with E-state index in [0.717, 1.165) is 37.2 Å². The molecule has 3 N–H and O–H groups in total. The summed E-state index contributed by atoms with van der Waals surface area (Å²) in [6.45, 7) is 10.5. The standard InChI is InChI=1S/C24H34N4O/c1-5-16-29-21-13-9-8-12-20(21)22(23(25)28(26)24(2,3)4)27-15-14-18-10-6-7-11-19(18)17-27/h6-13,22,25H,5,14-17,26H2,1-4H3. The van der Waals surface area contributed by atoms with Crippen LogP contribution in [0.15, 0.2) is 48.5 Å². The topological polar surface area (TPSA) is 65.6 Å². The molecule has 0 bridgehead atoms. The van der Waals surface area contributed by atoms with Gasteiger partial charge in [-0.3, -0.25) is 15.3 Å². The summed E-state index contributed by atoms with van der Waals surface area (Å²) in [5, 5.41) is 10.6. The number of hydrazine groups is 1. The Kier molecular flexibility index (Phi) is 6.60. The summed E-state index contributed by atoms with van der Waals surface area (Å²) < 4.78 is 6.06. The van der Waals surface area contributed by atoms with E-state index in [-0.39, 0.29) is 11.6 Å². The first-order valence-corrected chi connectivity index (χ1v) is 10.5. The van der Waals surface area contributed by atoms with Crippen LogP contribution in [0.25, 0.3) is 0 Å². The number of nitrogens with zero attached hydrogens (tertiary/aromatic N) is 2. The minimum atomic E-state index is -0.345. The van der Waals surface area contributed by atoms with Crippen molar-refractivity contribution in [3.63, 3.8) is 0 Å². The number of hydrogen-bond donors (Lipinski definition) is 2. The Bertz CT molecular complexity index is 843. The van der Waals surface area contributed by atoms with Gasteiger partial charge < -0.3 is 4.74 Å². The quantitative estimate of drug-likeness (QED) is 0.327. The molecule has 1 heterocycles. The molecule has 0 spiro atoms. The molecule has 0 radical (unpaired) electrons. The number of fused-ring (bicyclic) bond motifs is 1. The van der Waals surface area contributed by atoms with Crippen molar-refractivity contribution in [3.05, 3.63) is 65.2 Å². The molecule has 156 valence electrons. The summed E-state index contributed by atoms with van der Waals surface area (Å²) in [5.74, 6) is 7.66. The molecule has 5 heteroatoms. The third-order valence-electron chi connectivity index (χ3n) is 5.44. The normalized spacial score (nSPS) is 15.5. The lowest BCUT2D eigenvalue weighted by Crippen LogP contribution is -2.55. The van der Waals surface area contributed by atoms with Crippen LogP contribution < -0.4 is 10.6 Å². The highest BCUT2D eigenvalue weighted by Crippen LogP contribution is 2.35. The number of amidine groups is 1. The second-order valence-corrected chi connectivity index (χ2v) is 8.70. The van der Waals surface area contributed by atoms with Crippen molar-refractivity contribution >= 4 is 5.84 Å². The Morgan fingerprint density at radius 2 is 1.79 bits per heavy atom. The van der Waals surface area contributed by atoms with Crippen molar-refractivity contribution in [1.82, 2.24) is 9.91 Å². The van der Waals surface area contributed by atoms with Crippen molar-refractivity contribution in [2.75, 3.05) is 13.2 Å². The fraction of sp³-hybridized carbons (Fsp3) is 0.458.